The number of nitrogens with one attached hydrogen (secondary N) is 1. The first kappa shape index (κ1) is 15.6. The molecule has 1 aromatic heterocycles. The van der Waals surface area contributed by atoms with E-state index < -0.39 is 9.84 Å². The second kappa shape index (κ2) is 7.23. The molecule has 0 unspecified atom stereocenters. The van der Waals surface area contributed by atoms with Crippen LogP contribution in [0, 0.1) is 6.92 Å². The van der Waals surface area contributed by atoms with Gasteiger partial charge < -0.3 is 10.2 Å². The lowest BCUT2D eigenvalue weighted by Gasteiger charge is -2.16. The van der Waals surface area contributed by atoms with Gasteiger partial charge in [0.2, 0.25) is 0 Å². The SMILES string of the molecule is Cc1ccsc1CNCCN(C)CCS(C)(=O)=O. The summed E-state index contributed by atoms with van der Waals surface area (Å²) < 4.78 is 22.0. The summed E-state index contributed by atoms with van der Waals surface area (Å²) in [5.41, 5.74) is 1.33. The van der Waals surface area contributed by atoms with Gasteiger partial charge in [-0.15, -0.1) is 11.3 Å². The maximum Gasteiger partial charge on any atom is 0.148 e. The number of sulfone groups is 1. The van der Waals surface area contributed by atoms with Gasteiger partial charge in [0.05, 0.1) is 5.75 Å². The van der Waals surface area contributed by atoms with Crippen molar-refractivity contribution in [2.75, 3.05) is 38.7 Å². The van der Waals surface area contributed by atoms with Gasteiger partial charge in [-0.05, 0) is 31.0 Å². The lowest BCUT2D eigenvalue weighted by atomic mass is 10.3. The minimum absolute atomic E-state index is 0.230. The fourth-order valence-corrected chi connectivity index (χ4v) is 3.01. The first-order chi connectivity index (χ1) is 8.38. The summed E-state index contributed by atoms with van der Waals surface area (Å²) in [6.45, 7) is 5.34. The van der Waals surface area contributed by atoms with E-state index in [9.17, 15) is 8.42 Å². The molecule has 0 saturated heterocycles. The quantitative estimate of drug-likeness (QED) is 0.729. The average Bonchev–Trinajstić information content (AvgIpc) is 2.67. The molecule has 1 N–H and O–H groups in total. The average molecular weight is 290 g/mol. The fourth-order valence-electron chi connectivity index (χ4n) is 1.49. The van der Waals surface area contributed by atoms with Crippen molar-refractivity contribution in [3.8, 4) is 0 Å². The van der Waals surface area contributed by atoms with Crippen LogP contribution in [0.3, 0.4) is 0 Å². The third-order valence-electron chi connectivity index (χ3n) is 2.77. The number of aryl methyl sites for hydroxylation is 1. The Balaban J connectivity index is 2.13. The maximum atomic E-state index is 11.0. The van der Waals surface area contributed by atoms with Gasteiger partial charge in [0.15, 0.2) is 0 Å². The molecule has 0 aromatic carbocycles. The Hall–Kier alpha value is -0.430. The molecular weight excluding hydrogens is 268 g/mol. The van der Waals surface area contributed by atoms with E-state index in [0.717, 1.165) is 19.6 Å². The second-order valence-corrected chi connectivity index (χ2v) is 7.90. The number of rotatable bonds is 8. The molecule has 0 aliphatic rings. The van der Waals surface area contributed by atoms with Crippen LogP contribution in [0.5, 0.6) is 0 Å². The molecule has 0 atom stereocenters. The molecule has 1 heterocycles. The number of hydrogen-bond donors (Lipinski definition) is 1. The highest BCUT2D eigenvalue weighted by Crippen LogP contribution is 2.14. The smallest absolute Gasteiger partial charge is 0.148 e. The van der Waals surface area contributed by atoms with Crippen molar-refractivity contribution >= 4 is 21.2 Å². The molecule has 104 valence electrons. The zero-order chi connectivity index (χ0) is 13.6. The highest BCUT2D eigenvalue weighted by molar-refractivity contribution is 7.90. The van der Waals surface area contributed by atoms with Crippen molar-refractivity contribution in [3.05, 3.63) is 21.9 Å². The molecular formula is C12H22N2O2S2. The van der Waals surface area contributed by atoms with Gasteiger partial charge in [-0.25, -0.2) is 8.42 Å². The standard InChI is InChI=1S/C12H22N2O2S2/c1-11-4-8-17-12(11)10-13-5-6-14(2)7-9-18(3,15)16/h4,8,13H,5-7,9-10H2,1-3H3. The first-order valence-corrected chi connectivity index (χ1v) is 8.92. The number of nitrogens with zero attached hydrogens (tertiary/aromatic N) is 1. The molecule has 0 amide bonds. The monoisotopic (exact) mass is 290 g/mol. The van der Waals surface area contributed by atoms with Crippen molar-refractivity contribution in [3.63, 3.8) is 0 Å². The van der Waals surface area contributed by atoms with Crippen LogP contribution in [0.25, 0.3) is 0 Å². The first-order valence-electron chi connectivity index (χ1n) is 5.98. The molecule has 1 rings (SSSR count). The molecule has 0 radical (unpaired) electrons. The molecule has 4 nitrogen and oxygen atoms in total. The Morgan fingerprint density at radius 1 is 1.39 bits per heavy atom. The van der Waals surface area contributed by atoms with E-state index >= 15 is 0 Å². The molecule has 18 heavy (non-hydrogen) atoms. The molecule has 6 heteroatoms. The molecule has 0 spiro atoms. The normalized spacial score (nSPS) is 12.2. The molecule has 0 bridgehead atoms. The molecule has 0 fully saturated rings. The van der Waals surface area contributed by atoms with E-state index in [1.165, 1.54) is 16.7 Å². The van der Waals surface area contributed by atoms with Gasteiger partial charge >= 0.3 is 0 Å². The Morgan fingerprint density at radius 3 is 2.67 bits per heavy atom. The third-order valence-corrected chi connectivity index (χ3v) is 4.71. The highest BCUT2D eigenvalue weighted by atomic mass is 32.2. The molecule has 1 aromatic rings. The van der Waals surface area contributed by atoms with E-state index in [-0.39, 0.29) is 5.75 Å². The van der Waals surface area contributed by atoms with Crippen LogP contribution < -0.4 is 5.32 Å². The summed E-state index contributed by atoms with van der Waals surface area (Å²) in [6.07, 6.45) is 1.28. The van der Waals surface area contributed by atoms with Gasteiger partial charge in [-0.3, -0.25) is 0 Å². The molecule has 0 aliphatic heterocycles. The Kier molecular flexibility index (Phi) is 6.28. The van der Waals surface area contributed by atoms with E-state index in [1.54, 1.807) is 11.3 Å². The van der Waals surface area contributed by atoms with Crippen molar-refractivity contribution < 1.29 is 8.42 Å². The van der Waals surface area contributed by atoms with Crippen LogP contribution in [-0.2, 0) is 16.4 Å². The summed E-state index contributed by atoms with van der Waals surface area (Å²) in [6, 6.07) is 2.12. The summed E-state index contributed by atoms with van der Waals surface area (Å²) in [5, 5.41) is 5.48. The highest BCUT2D eigenvalue weighted by Gasteiger charge is 2.05. The minimum atomic E-state index is -2.85. The Bertz CT molecular complexity index is 454. The number of likely N-dealkylation sites (N-methyl/N-ethyl adjacent to an activating group) is 1. The zero-order valence-corrected chi connectivity index (χ0v) is 12.9. The minimum Gasteiger partial charge on any atom is -0.311 e. The third kappa shape index (κ3) is 6.49. The zero-order valence-electron chi connectivity index (χ0n) is 11.3. The second-order valence-electron chi connectivity index (χ2n) is 4.64. The van der Waals surface area contributed by atoms with Crippen molar-refractivity contribution in [2.24, 2.45) is 0 Å². The van der Waals surface area contributed by atoms with Gasteiger partial charge in [0, 0.05) is 37.3 Å². The fraction of sp³-hybridized carbons (Fsp3) is 0.667. The van der Waals surface area contributed by atoms with Gasteiger partial charge in [0.25, 0.3) is 0 Å². The lowest BCUT2D eigenvalue weighted by Crippen LogP contribution is -2.32. The summed E-state index contributed by atoms with van der Waals surface area (Å²) in [7, 11) is -0.904. The summed E-state index contributed by atoms with van der Waals surface area (Å²) in [5.74, 6) is 0.230. The molecule has 0 aliphatic carbocycles. The van der Waals surface area contributed by atoms with Crippen LogP contribution in [-0.4, -0.2) is 52.0 Å². The van der Waals surface area contributed by atoms with Gasteiger partial charge in [-0.1, -0.05) is 0 Å². The predicted octanol–water partition coefficient (Wildman–Crippen LogP) is 1.12. The topological polar surface area (TPSA) is 49.4 Å². The number of thiophene rings is 1. The van der Waals surface area contributed by atoms with Crippen molar-refractivity contribution in [2.45, 2.75) is 13.5 Å². The summed E-state index contributed by atoms with van der Waals surface area (Å²) >= 11 is 1.77. The van der Waals surface area contributed by atoms with Crippen LogP contribution in [0.15, 0.2) is 11.4 Å². The van der Waals surface area contributed by atoms with E-state index in [2.05, 4.69) is 23.7 Å². The number of hydrogen-bond acceptors (Lipinski definition) is 5. The van der Waals surface area contributed by atoms with Gasteiger partial charge in [0.1, 0.15) is 9.84 Å². The maximum absolute atomic E-state index is 11.0. The summed E-state index contributed by atoms with van der Waals surface area (Å²) in [4.78, 5) is 3.41. The largest absolute Gasteiger partial charge is 0.311 e. The molecule has 0 saturated carbocycles. The van der Waals surface area contributed by atoms with Gasteiger partial charge in [-0.2, -0.15) is 0 Å². The van der Waals surface area contributed by atoms with Crippen molar-refractivity contribution in [1.82, 2.24) is 10.2 Å². The Labute approximate surface area is 114 Å². The van der Waals surface area contributed by atoms with Crippen molar-refractivity contribution in [1.29, 1.82) is 0 Å². The van der Waals surface area contributed by atoms with Crippen LogP contribution in [0.4, 0.5) is 0 Å². The van der Waals surface area contributed by atoms with Crippen LogP contribution in [0.1, 0.15) is 10.4 Å². The van der Waals surface area contributed by atoms with Crippen LogP contribution >= 0.6 is 11.3 Å². The van der Waals surface area contributed by atoms with E-state index in [4.69, 9.17) is 0 Å². The lowest BCUT2D eigenvalue weighted by molar-refractivity contribution is 0.349. The van der Waals surface area contributed by atoms with Crippen LogP contribution in [0.2, 0.25) is 0 Å². The van der Waals surface area contributed by atoms with E-state index in [1.807, 2.05) is 11.9 Å². The predicted molar refractivity (Wildman–Crippen MR) is 78.0 cm³/mol. The Morgan fingerprint density at radius 2 is 2.11 bits per heavy atom. The van der Waals surface area contributed by atoms with E-state index in [0.29, 0.717) is 6.54 Å².